The minimum absolute atomic E-state index is 0.737. The van der Waals surface area contributed by atoms with Gasteiger partial charge in [-0.05, 0) is 26.0 Å². The summed E-state index contributed by atoms with van der Waals surface area (Å²) in [7, 11) is 6.73. The molecule has 4 aromatic carbocycles. The van der Waals surface area contributed by atoms with Crippen molar-refractivity contribution in [3.8, 4) is 23.0 Å². The van der Waals surface area contributed by atoms with Gasteiger partial charge in [-0.15, -0.1) is 0 Å². The standard InChI is InChI=1S/C26H24O5/c1-13-19-20-14(2)24(30-6)16-10-8-12-18(28-4)22(16)26(20)31-25(19)21-15(23(13)29-5)9-7-11-17(21)27-3/h7-12H,1-6H3. The molecule has 31 heavy (non-hydrogen) atoms. The van der Waals surface area contributed by atoms with E-state index in [0.717, 1.165) is 77.6 Å². The molecule has 0 saturated heterocycles. The van der Waals surface area contributed by atoms with Gasteiger partial charge in [-0.25, -0.2) is 0 Å². The molecule has 0 N–H and O–H groups in total. The second-order valence-electron chi connectivity index (χ2n) is 7.59. The molecule has 0 aliphatic heterocycles. The maximum absolute atomic E-state index is 6.65. The zero-order valence-electron chi connectivity index (χ0n) is 18.5. The second kappa shape index (κ2) is 6.98. The maximum Gasteiger partial charge on any atom is 0.147 e. The molecule has 158 valence electrons. The van der Waals surface area contributed by atoms with Gasteiger partial charge in [0.05, 0.1) is 39.2 Å². The number of ether oxygens (including phenoxy) is 4. The first-order valence-electron chi connectivity index (χ1n) is 10.1. The molecule has 5 aromatic rings. The van der Waals surface area contributed by atoms with Crippen LogP contribution in [0.15, 0.2) is 40.8 Å². The maximum atomic E-state index is 6.65. The Bertz CT molecular complexity index is 1380. The Morgan fingerprint density at radius 1 is 0.548 bits per heavy atom. The molecule has 0 aliphatic carbocycles. The summed E-state index contributed by atoms with van der Waals surface area (Å²) in [5.74, 6) is 3.09. The van der Waals surface area contributed by atoms with Crippen molar-refractivity contribution in [2.45, 2.75) is 13.8 Å². The Balaban J connectivity index is 2.18. The summed E-state index contributed by atoms with van der Waals surface area (Å²) in [6.45, 7) is 4.13. The first-order valence-corrected chi connectivity index (χ1v) is 10.1. The largest absolute Gasteiger partial charge is 0.496 e. The third kappa shape index (κ3) is 2.43. The summed E-state index contributed by atoms with van der Waals surface area (Å²) in [6.07, 6.45) is 0. The Kier molecular flexibility index (Phi) is 4.36. The van der Waals surface area contributed by atoms with Crippen LogP contribution in [0.4, 0.5) is 0 Å². The number of hydrogen-bond donors (Lipinski definition) is 0. The molecule has 5 heteroatoms. The minimum atomic E-state index is 0.737. The van der Waals surface area contributed by atoms with E-state index in [-0.39, 0.29) is 0 Å². The topological polar surface area (TPSA) is 50.1 Å². The van der Waals surface area contributed by atoms with Crippen molar-refractivity contribution in [3.63, 3.8) is 0 Å². The fraction of sp³-hybridized carbons (Fsp3) is 0.231. The predicted molar refractivity (Wildman–Crippen MR) is 124 cm³/mol. The Morgan fingerprint density at radius 2 is 0.968 bits per heavy atom. The highest BCUT2D eigenvalue weighted by atomic mass is 16.5. The average molecular weight is 416 g/mol. The third-order valence-electron chi connectivity index (χ3n) is 6.18. The monoisotopic (exact) mass is 416 g/mol. The summed E-state index contributed by atoms with van der Waals surface area (Å²) >= 11 is 0. The smallest absolute Gasteiger partial charge is 0.147 e. The van der Waals surface area contributed by atoms with E-state index in [1.165, 1.54) is 0 Å². The van der Waals surface area contributed by atoms with Crippen molar-refractivity contribution < 1.29 is 23.4 Å². The van der Waals surface area contributed by atoms with Gasteiger partial charge in [0.1, 0.15) is 34.2 Å². The van der Waals surface area contributed by atoms with Gasteiger partial charge in [-0.3, -0.25) is 0 Å². The summed E-state index contributed by atoms with van der Waals surface area (Å²) in [6, 6.07) is 11.9. The van der Waals surface area contributed by atoms with Gasteiger partial charge in [0.25, 0.3) is 0 Å². The first kappa shape index (κ1) is 19.4. The number of rotatable bonds is 4. The van der Waals surface area contributed by atoms with E-state index < -0.39 is 0 Å². The lowest BCUT2D eigenvalue weighted by Gasteiger charge is -2.14. The van der Waals surface area contributed by atoms with Crippen molar-refractivity contribution in [1.29, 1.82) is 0 Å². The SMILES string of the molecule is COc1c(C)c2c(oc3c4c(OC)cccc4c(OC)c(C)c32)c2c(OC)cccc12. The minimum Gasteiger partial charge on any atom is -0.496 e. The van der Waals surface area contributed by atoms with Crippen LogP contribution in [0, 0.1) is 13.8 Å². The molecule has 0 amide bonds. The summed E-state index contributed by atoms with van der Waals surface area (Å²) in [4.78, 5) is 0. The fourth-order valence-electron chi connectivity index (χ4n) is 4.91. The molecule has 1 heterocycles. The summed E-state index contributed by atoms with van der Waals surface area (Å²) in [5.41, 5.74) is 3.56. The lowest BCUT2D eigenvalue weighted by atomic mass is 9.94. The van der Waals surface area contributed by atoms with Crippen LogP contribution in [-0.4, -0.2) is 28.4 Å². The van der Waals surface area contributed by atoms with Crippen LogP contribution >= 0.6 is 0 Å². The van der Waals surface area contributed by atoms with E-state index in [1.807, 2.05) is 36.4 Å². The van der Waals surface area contributed by atoms with Crippen LogP contribution < -0.4 is 18.9 Å². The van der Waals surface area contributed by atoms with Crippen LogP contribution in [-0.2, 0) is 0 Å². The summed E-state index contributed by atoms with van der Waals surface area (Å²) < 4.78 is 29.8. The normalized spacial score (nSPS) is 11.5. The molecule has 0 spiro atoms. The number of furan rings is 1. The number of methoxy groups -OCH3 is 4. The Hall–Kier alpha value is -3.60. The van der Waals surface area contributed by atoms with Crippen molar-refractivity contribution in [2.75, 3.05) is 28.4 Å². The average Bonchev–Trinajstić information content (AvgIpc) is 3.20. The van der Waals surface area contributed by atoms with Crippen LogP contribution in [0.25, 0.3) is 43.5 Å². The van der Waals surface area contributed by atoms with E-state index in [1.54, 1.807) is 28.4 Å². The van der Waals surface area contributed by atoms with E-state index >= 15 is 0 Å². The molecule has 0 bridgehead atoms. The van der Waals surface area contributed by atoms with Gasteiger partial charge in [-0.2, -0.15) is 0 Å². The van der Waals surface area contributed by atoms with E-state index in [0.29, 0.717) is 0 Å². The van der Waals surface area contributed by atoms with Gasteiger partial charge in [0.2, 0.25) is 0 Å². The molecule has 5 nitrogen and oxygen atoms in total. The highest BCUT2D eigenvalue weighted by Gasteiger charge is 2.26. The molecule has 0 saturated carbocycles. The Labute approximate surface area is 180 Å². The molecule has 5 rings (SSSR count). The molecular weight excluding hydrogens is 392 g/mol. The number of aryl methyl sites for hydroxylation is 2. The molecule has 0 fully saturated rings. The zero-order chi connectivity index (χ0) is 21.9. The van der Waals surface area contributed by atoms with E-state index in [9.17, 15) is 0 Å². The van der Waals surface area contributed by atoms with Crippen LogP contribution in [0.5, 0.6) is 23.0 Å². The number of fused-ring (bicyclic) bond motifs is 7. The molecule has 1 aromatic heterocycles. The molecular formula is C26H24O5. The van der Waals surface area contributed by atoms with Crippen LogP contribution in [0.3, 0.4) is 0 Å². The molecule has 0 unspecified atom stereocenters. The number of benzene rings is 4. The van der Waals surface area contributed by atoms with Crippen molar-refractivity contribution in [1.82, 2.24) is 0 Å². The van der Waals surface area contributed by atoms with Crippen molar-refractivity contribution in [3.05, 3.63) is 47.5 Å². The first-order chi connectivity index (χ1) is 15.1. The Morgan fingerprint density at radius 3 is 1.32 bits per heavy atom. The zero-order valence-corrected chi connectivity index (χ0v) is 18.5. The second-order valence-corrected chi connectivity index (χ2v) is 7.59. The fourth-order valence-corrected chi connectivity index (χ4v) is 4.91. The quantitative estimate of drug-likeness (QED) is 0.333. The van der Waals surface area contributed by atoms with Crippen molar-refractivity contribution >= 4 is 43.5 Å². The van der Waals surface area contributed by atoms with Gasteiger partial charge >= 0.3 is 0 Å². The third-order valence-corrected chi connectivity index (χ3v) is 6.18. The van der Waals surface area contributed by atoms with Gasteiger partial charge in [0.15, 0.2) is 0 Å². The van der Waals surface area contributed by atoms with Gasteiger partial charge in [-0.1, -0.05) is 24.3 Å². The predicted octanol–water partition coefficient (Wildman–Crippen LogP) is 6.54. The molecule has 0 aliphatic rings. The number of hydrogen-bond acceptors (Lipinski definition) is 5. The van der Waals surface area contributed by atoms with E-state index in [2.05, 4.69) is 13.8 Å². The molecule has 0 atom stereocenters. The highest BCUT2D eigenvalue weighted by Crippen LogP contribution is 2.50. The lowest BCUT2D eigenvalue weighted by molar-refractivity contribution is 0.414. The highest BCUT2D eigenvalue weighted by molar-refractivity contribution is 6.26. The van der Waals surface area contributed by atoms with Crippen LogP contribution in [0.2, 0.25) is 0 Å². The lowest BCUT2D eigenvalue weighted by Crippen LogP contribution is -1.94. The van der Waals surface area contributed by atoms with Crippen molar-refractivity contribution in [2.24, 2.45) is 0 Å². The van der Waals surface area contributed by atoms with Crippen LogP contribution in [0.1, 0.15) is 11.1 Å². The molecule has 0 radical (unpaired) electrons. The van der Waals surface area contributed by atoms with Gasteiger partial charge in [0, 0.05) is 32.7 Å². The van der Waals surface area contributed by atoms with Gasteiger partial charge < -0.3 is 23.4 Å². The van der Waals surface area contributed by atoms with E-state index in [4.69, 9.17) is 23.4 Å². The summed E-state index contributed by atoms with van der Waals surface area (Å²) in [5, 5.41) is 5.67.